The molecule has 6 nitrogen and oxygen atoms in total. The van der Waals surface area contributed by atoms with Gasteiger partial charge in [-0.1, -0.05) is 256 Å². The summed E-state index contributed by atoms with van der Waals surface area (Å²) in [5.41, 5.74) is 0. The number of allylic oxidation sites excluding steroid dienone is 4. The van der Waals surface area contributed by atoms with Crippen molar-refractivity contribution in [3.63, 3.8) is 0 Å². The Kier molecular flexibility index (Phi) is 51.6. The second-order valence-corrected chi connectivity index (χ2v) is 19.3. The fourth-order valence-corrected chi connectivity index (χ4v) is 8.67. The van der Waals surface area contributed by atoms with E-state index in [-0.39, 0.29) is 18.5 Å². The van der Waals surface area contributed by atoms with Crippen molar-refractivity contribution in [3.05, 3.63) is 24.3 Å². The van der Waals surface area contributed by atoms with E-state index in [0.717, 1.165) is 51.4 Å². The smallest absolute Gasteiger partial charge is 0.305 e. The normalized spacial score (nSPS) is 12.8. The molecule has 0 aliphatic rings. The molecule has 2 unspecified atom stereocenters. The van der Waals surface area contributed by atoms with Crippen molar-refractivity contribution < 1.29 is 24.5 Å². The number of unbranched alkanes of at least 4 members (excludes halogenated alkanes) is 37. The zero-order valence-corrected chi connectivity index (χ0v) is 42.3. The first-order chi connectivity index (χ1) is 31.0. The molecule has 0 aromatic heterocycles. The molecule has 372 valence electrons. The summed E-state index contributed by atoms with van der Waals surface area (Å²) < 4.78 is 5.49. The fraction of sp³-hybridized carbons (Fsp3) is 0.895. The second kappa shape index (κ2) is 53.0. The summed E-state index contributed by atoms with van der Waals surface area (Å²) in [7, 11) is 0. The molecule has 0 aliphatic carbocycles. The number of esters is 1. The van der Waals surface area contributed by atoms with E-state index in [0.29, 0.717) is 25.9 Å². The van der Waals surface area contributed by atoms with Gasteiger partial charge in [0.05, 0.1) is 25.4 Å². The Morgan fingerprint density at radius 1 is 0.444 bits per heavy atom. The molecule has 0 bridgehead atoms. The van der Waals surface area contributed by atoms with Crippen LogP contribution in [0.2, 0.25) is 0 Å². The van der Waals surface area contributed by atoms with Gasteiger partial charge >= 0.3 is 5.97 Å². The summed E-state index contributed by atoms with van der Waals surface area (Å²) in [4.78, 5) is 24.5. The van der Waals surface area contributed by atoms with Crippen molar-refractivity contribution in [3.8, 4) is 0 Å². The molecule has 2 atom stereocenters. The molecule has 0 radical (unpaired) electrons. The molecule has 1 amide bonds. The molecule has 0 rings (SSSR count). The van der Waals surface area contributed by atoms with Crippen molar-refractivity contribution in [1.82, 2.24) is 5.32 Å². The fourth-order valence-electron chi connectivity index (χ4n) is 8.67. The quantitative estimate of drug-likeness (QED) is 0.0321. The van der Waals surface area contributed by atoms with Gasteiger partial charge in [0.15, 0.2) is 0 Å². The standard InChI is InChI=1S/C57H109NO5/c1-3-5-7-9-11-13-15-16-17-18-19-20-24-27-31-35-39-43-47-51-57(62)63-52-48-44-40-36-32-28-25-22-21-23-26-30-34-38-42-46-50-56(61)58-54(53-59)55(60)49-45-41-37-33-29-14-12-10-8-6-4-2/h11,13,16-17,54-55,59-60H,3-10,12,14-15,18-53H2,1-2H3,(H,58,61)/b13-11-,17-16-. The molecular weight excluding hydrogens is 779 g/mol. The lowest BCUT2D eigenvalue weighted by atomic mass is 10.0. The van der Waals surface area contributed by atoms with Crippen LogP contribution in [0.4, 0.5) is 0 Å². The van der Waals surface area contributed by atoms with Gasteiger partial charge < -0.3 is 20.3 Å². The van der Waals surface area contributed by atoms with Gasteiger partial charge in [-0.25, -0.2) is 0 Å². The van der Waals surface area contributed by atoms with Crippen LogP contribution in [0.25, 0.3) is 0 Å². The molecule has 0 aliphatic heterocycles. The van der Waals surface area contributed by atoms with Crippen LogP contribution in [-0.4, -0.2) is 47.4 Å². The molecule has 3 N–H and O–H groups in total. The van der Waals surface area contributed by atoms with Crippen LogP contribution in [0.1, 0.15) is 303 Å². The summed E-state index contributed by atoms with van der Waals surface area (Å²) in [5.74, 6) is -0.0431. The van der Waals surface area contributed by atoms with E-state index in [1.165, 1.54) is 218 Å². The van der Waals surface area contributed by atoms with Crippen LogP contribution < -0.4 is 5.32 Å². The highest BCUT2D eigenvalue weighted by molar-refractivity contribution is 5.76. The molecule has 0 saturated heterocycles. The Bertz CT molecular complexity index is 982. The third-order valence-corrected chi connectivity index (χ3v) is 13.0. The zero-order chi connectivity index (χ0) is 45.8. The monoisotopic (exact) mass is 888 g/mol. The molecule has 0 saturated carbocycles. The average molecular weight is 889 g/mol. The molecule has 63 heavy (non-hydrogen) atoms. The Hall–Kier alpha value is -1.66. The zero-order valence-electron chi connectivity index (χ0n) is 42.3. The van der Waals surface area contributed by atoms with Gasteiger partial charge in [-0.15, -0.1) is 0 Å². The highest BCUT2D eigenvalue weighted by Crippen LogP contribution is 2.17. The third-order valence-electron chi connectivity index (χ3n) is 13.0. The predicted octanol–water partition coefficient (Wildman–Crippen LogP) is 17.1. The highest BCUT2D eigenvalue weighted by Gasteiger charge is 2.20. The summed E-state index contributed by atoms with van der Waals surface area (Å²) in [6.07, 6.45) is 63.0. The number of hydrogen-bond donors (Lipinski definition) is 3. The number of amides is 1. The van der Waals surface area contributed by atoms with Crippen LogP contribution in [0.5, 0.6) is 0 Å². The minimum atomic E-state index is -0.667. The van der Waals surface area contributed by atoms with Gasteiger partial charge in [-0.2, -0.15) is 0 Å². The number of carbonyl (C=O) groups is 2. The van der Waals surface area contributed by atoms with Crippen molar-refractivity contribution in [1.29, 1.82) is 0 Å². The van der Waals surface area contributed by atoms with Crippen molar-refractivity contribution in [2.45, 2.75) is 315 Å². The lowest BCUT2D eigenvalue weighted by Crippen LogP contribution is -2.45. The molecule has 0 fully saturated rings. The van der Waals surface area contributed by atoms with Gasteiger partial charge in [0.2, 0.25) is 5.91 Å². The topological polar surface area (TPSA) is 95.9 Å². The van der Waals surface area contributed by atoms with Crippen molar-refractivity contribution in [2.24, 2.45) is 0 Å². The maximum Gasteiger partial charge on any atom is 0.305 e. The molecule has 0 aromatic carbocycles. The van der Waals surface area contributed by atoms with Crippen LogP contribution >= 0.6 is 0 Å². The van der Waals surface area contributed by atoms with Crippen LogP contribution in [0.15, 0.2) is 24.3 Å². The van der Waals surface area contributed by atoms with Gasteiger partial charge in [0, 0.05) is 12.8 Å². The minimum Gasteiger partial charge on any atom is -0.466 e. The number of aliphatic hydroxyl groups is 2. The predicted molar refractivity (Wildman–Crippen MR) is 273 cm³/mol. The number of nitrogens with one attached hydrogen (secondary N) is 1. The lowest BCUT2D eigenvalue weighted by molar-refractivity contribution is -0.143. The van der Waals surface area contributed by atoms with Gasteiger partial charge in [0.1, 0.15) is 0 Å². The van der Waals surface area contributed by atoms with Gasteiger partial charge in [-0.05, 0) is 57.8 Å². The van der Waals surface area contributed by atoms with E-state index in [2.05, 4.69) is 43.5 Å². The van der Waals surface area contributed by atoms with E-state index in [1.54, 1.807) is 0 Å². The Balaban J connectivity index is 3.39. The number of carbonyl (C=O) groups excluding carboxylic acids is 2. The van der Waals surface area contributed by atoms with E-state index < -0.39 is 12.1 Å². The average Bonchev–Trinajstić information content (AvgIpc) is 3.28. The highest BCUT2D eigenvalue weighted by atomic mass is 16.5. The maximum absolute atomic E-state index is 12.4. The van der Waals surface area contributed by atoms with E-state index in [4.69, 9.17) is 4.74 Å². The van der Waals surface area contributed by atoms with Gasteiger partial charge in [-0.3, -0.25) is 9.59 Å². The molecule has 0 heterocycles. The number of aliphatic hydroxyl groups excluding tert-OH is 2. The van der Waals surface area contributed by atoms with Gasteiger partial charge in [0.25, 0.3) is 0 Å². The van der Waals surface area contributed by atoms with Crippen molar-refractivity contribution in [2.75, 3.05) is 13.2 Å². The molecule has 6 heteroatoms. The third kappa shape index (κ3) is 49.6. The van der Waals surface area contributed by atoms with E-state index in [1.807, 2.05) is 0 Å². The van der Waals surface area contributed by atoms with Crippen LogP contribution in [-0.2, 0) is 14.3 Å². The Labute approximate surface area is 392 Å². The molecule has 0 aromatic rings. The summed E-state index contributed by atoms with van der Waals surface area (Å²) in [6.45, 7) is 4.91. The number of hydrogen-bond acceptors (Lipinski definition) is 5. The summed E-state index contributed by atoms with van der Waals surface area (Å²) >= 11 is 0. The summed E-state index contributed by atoms with van der Waals surface area (Å²) in [6, 6.07) is -0.545. The van der Waals surface area contributed by atoms with Crippen LogP contribution in [0.3, 0.4) is 0 Å². The second-order valence-electron chi connectivity index (χ2n) is 19.3. The molecule has 0 spiro atoms. The number of ether oxygens (including phenoxy) is 1. The first-order valence-electron chi connectivity index (χ1n) is 28.1. The SMILES string of the molecule is CCCCC/C=C\C/C=C\CCCCCCCCCCCC(=O)OCCCCCCCCCCCCCCCCCCC(=O)NC(CO)C(O)CCCCCCCCCCCCC. The Morgan fingerprint density at radius 2 is 0.794 bits per heavy atom. The van der Waals surface area contributed by atoms with Crippen molar-refractivity contribution >= 4 is 11.9 Å². The minimum absolute atomic E-state index is 0.000566. The number of rotatable bonds is 52. The largest absolute Gasteiger partial charge is 0.466 e. The first kappa shape index (κ1) is 61.3. The summed E-state index contributed by atoms with van der Waals surface area (Å²) in [5, 5.41) is 23.2. The molecular formula is C57H109NO5. The van der Waals surface area contributed by atoms with E-state index in [9.17, 15) is 19.8 Å². The Morgan fingerprint density at radius 3 is 1.24 bits per heavy atom. The van der Waals surface area contributed by atoms with Crippen LogP contribution in [0, 0.1) is 0 Å². The first-order valence-corrected chi connectivity index (χ1v) is 28.1. The lowest BCUT2D eigenvalue weighted by Gasteiger charge is -2.22. The van der Waals surface area contributed by atoms with E-state index >= 15 is 0 Å². The maximum atomic E-state index is 12.4.